The standard InChI is InChI=1S/C18H15OP.C8H5F3O2S.Eu/c19-20(16-10-4-1-5-11-16,17-12-6-2-7-13-17)18-14-8-3-9-15-18;9-8(10,11)7(13)4-5(12)6-2-1-3-14-6;/h1-15H;1-4,13H;/p+2/b;7-4-;. The Morgan fingerprint density at radius 3 is 1.46 bits per heavy atom. The fraction of sp³-hybridized carbons (Fsp3) is 0.0385. The number of hydrogen-bond donors (Lipinski definition) is 1. The largest absolute Gasteiger partial charge is 0.504 e. The van der Waals surface area contributed by atoms with Gasteiger partial charge < -0.3 is 9.67 Å². The van der Waals surface area contributed by atoms with Crippen molar-refractivity contribution >= 4 is 40.2 Å². The van der Waals surface area contributed by atoms with Gasteiger partial charge in [-0.05, 0) is 47.8 Å². The summed E-state index contributed by atoms with van der Waals surface area (Å²) in [6.45, 7) is 0. The van der Waals surface area contributed by atoms with Crippen molar-refractivity contribution in [1.82, 2.24) is 0 Å². The number of benzene rings is 3. The molecule has 0 aliphatic carbocycles. The van der Waals surface area contributed by atoms with Gasteiger partial charge in [0.1, 0.15) is 4.88 Å². The van der Waals surface area contributed by atoms with Gasteiger partial charge in [-0.3, -0.25) is 4.79 Å². The minimum absolute atomic E-state index is 0. The molecule has 0 spiro atoms. The molecule has 4 rings (SSSR count). The van der Waals surface area contributed by atoms with E-state index in [0.29, 0.717) is 0 Å². The summed E-state index contributed by atoms with van der Waals surface area (Å²) in [7, 11) is -2.53. The Labute approximate surface area is 246 Å². The monoisotopic (exact) mass is 655 g/mol. The minimum atomic E-state index is -4.83. The first-order chi connectivity index (χ1) is 16.2. The fourth-order valence-corrected chi connectivity index (χ4v) is 6.43. The number of rotatable bonds is 5. The van der Waals surface area contributed by atoms with Crippen LogP contribution in [0, 0.1) is 49.4 Å². The molecule has 35 heavy (non-hydrogen) atoms. The normalized spacial score (nSPS) is 11.6. The number of aliphatic hydroxyl groups excluding tert-OH is 1. The van der Waals surface area contributed by atoms with E-state index in [1.807, 2.05) is 91.0 Å². The summed E-state index contributed by atoms with van der Waals surface area (Å²) in [5.41, 5.74) is 0. The third-order valence-corrected chi connectivity index (χ3v) is 8.76. The molecule has 0 amide bonds. The Balaban J connectivity index is 0.000000256. The number of aliphatic hydroxyl groups is 1. The van der Waals surface area contributed by atoms with Crippen LogP contribution in [0.3, 0.4) is 0 Å². The topological polar surface area (TPSA) is 63.0 Å². The molecular formula is C26H22EuF3O3PS+2. The van der Waals surface area contributed by atoms with Gasteiger partial charge in [-0.15, -0.1) is 11.3 Å². The van der Waals surface area contributed by atoms with E-state index in [9.17, 15) is 17.7 Å². The predicted octanol–water partition coefficient (Wildman–Crippen LogP) is 5.91. The smallest absolute Gasteiger partial charge is 0.449 e. The van der Waals surface area contributed by atoms with Crippen LogP contribution in [0.4, 0.5) is 13.2 Å². The van der Waals surface area contributed by atoms with Crippen molar-refractivity contribution in [2.24, 2.45) is 0 Å². The molecule has 0 fully saturated rings. The molecule has 1 radical (unpaired) electrons. The molecule has 0 saturated carbocycles. The van der Waals surface area contributed by atoms with E-state index >= 15 is 0 Å². The van der Waals surface area contributed by atoms with Crippen LogP contribution in [0.15, 0.2) is 120 Å². The summed E-state index contributed by atoms with van der Waals surface area (Å²) >= 11 is 1.07. The Kier molecular flexibility index (Phi) is 11.3. The second-order valence-corrected chi connectivity index (χ2v) is 10.8. The molecule has 0 saturated heterocycles. The summed E-state index contributed by atoms with van der Waals surface area (Å²) < 4.78 is 47.0. The van der Waals surface area contributed by atoms with Gasteiger partial charge in [0, 0.05) is 49.4 Å². The van der Waals surface area contributed by atoms with Gasteiger partial charge >= 0.3 is 19.1 Å². The fourth-order valence-electron chi connectivity index (χ4n) is 3.09. The van der Waals surface area contributed by atoms with Gasteiger partial charge in [0.05, 0.1) is 22.0 Å². The van der Waals surface area contributed by atoms with E-state index in [1.54, 1.807) is 11.4 Å². The molecule has 0 atom stereocenters. The molecule has 3 N–H and O–H groups in total. The first-order valence-corrected chi connectivity index (χ1v) is 12.7. The van der Waals surface area contributed by atoms with Crippen molar-refractivity contribution in [3.05, 3.63) is 125 Å². The molecule has 9 heteroatoms. The quantitative estimate of drug-likeness (QED) is 0.0940. The zero-order chi connectivity index (χ0) is 24.6. The average Bonchev–Trinajstić information content (AvgIpc) is 3.40. The van der Waals surface area contributed by atoms with Crippen LogP contribution in [-0.2, 0) is 0 Å². The van der Waals surface area contributed by atoms with Crippen LogP contribution in [0.2, 0.25) is 0 Å². The summed E-state index contributed by atoms with van der Waals surface area (Å²) in [5, 5.41) is 13.1. The molecule has 0 aliphatic heterocycles. The maximum atomic E-state index is 11.8. The molecule has 3 aromatic carbocycles. The van der Waals surface area contributed by atoms with E-state index in [1.165, 1.54) is 6.07 Å². The maximum Gasteiger partial charge on any atom is 0.449 e. The zero-order valence-corrected chi connectivity index (χ0v) is 22.3. The number of allylic oxidation sites excluding steroid dienone is 2. The molecule has 181 valence electrons. The van der Waals surface area contributed by atoms with E-state index < -0.39 is 24.9 Å². The molecule has 0 aliphatic rings. The van der Waals surface area contributed by atoms with Crippen molar-refractivity contribution in [1.29, 1.82) is 0 Å². The summed E-state index contributed by atoms with van der Waals surface area (Å²) in [6.07, 6.45) is -4.54. The van der Waals surface area contributed by atoms with Crippen LogP contribution in [-0.4, -0.2) is 26.4 Å². The van der Waals surface area contributed by atoms with Crippen molar-refractivity contribution in [2.75, 3.05) is 0 Å². The van der Waals surface area contributed by atoms with Gasteiger partial charge in [0.15, 0.2) is 0 Å². The number of carbonyl (C=O) groups excluding carboxylic acids is 1. The third-order valence-electron chi connectivity index (χ3n) is 4.73. The van der Waals surface area contributed by atoms with Crippen molar-refractivity contribution in [2.45, 2.75) is 6.18 Å². The van der Waals surface area contributed by atoms with Crippen LogP contribution in [0.25, 0.3) is 0 Å². The summed E-state index contributed by atoms with van der Waals surface area (Å²) in [4.78, 5) is 9.40. The Bertz CT molecular complexity index is 1170. The van der Waals surface area contributed by atoms with Crippen LogP contribution < -0.4 is 15.9 Å². The van der Waals surface area contributed by atoms with Gasteiger partial charge in [-0.25, -0.2) is 0 Å². The number of alkyl halides is 3. The van der Waals surface area contributed by atoms with E-state index in [0.717, 1.165) is 27.3 Å². The van der Waals surface area contributed by atoms with Gasteiger partial charge in [-0.2, -0.15) is 13.2 Å². The Hall–Kier alpha value is -1.83. The summed E-state index contributed by atoms with van der Waals surface area (Å²) in [6, 6.07) is 32.9. The number of ketones is 1. The van der Waals surface area contributed by atoms with Gasteiger partial charge in [0.25, 0.3) is 0 Å². The zero-order valence-electron chi connectivity index (χ0n) is 18.2. The van der Waals surface area contributed by atoms with Crippen LogP contribution in [0.1, 0.15) is 4.88 Å². The second kappa shape index (κ2) is 13.5. The van der Waals surface area contributed by atoms with Crippen molar-refractivity contribution in [3.8, 4) is 0 Å². The second-order valence-electron chi connectivity index (χ2n) is 7.03. The van der Waals surface area contributed by atoms with E-state index in [4.69, 9.17) is 9.90 Å². The molecule has 4 aromatic rings. The first kappa shape index (κ1) is 29.4. The number of thiophene rings is 1. The van der Waals surface area contributed by atoms with E-state index in [-0.39, 0.29) is 60.3 Å². The summed E-state index contributed by atoms with van der Waals surface area (Å²) in [5.74, 6) is -2.42. The van der Waals surface area contributed by atoms with Gasteiger partial charge in [-0.1, -0.05) is 60.7 Å². The van der Waals surface area contributed by atoms with Crippen molar-refractivity contribution in [3.63, 3.8) is 0 Å². The van der Waals surface area contributed by atoms with Crippen LogP contribution in [0.5, 0.6) is 0 Å². The minimum Gasteiger partial charge on any atom is -0.504 e. The molecular weight excluding hydrogens is 632 g/mol. The predicted molar refractivity (Wildman–Crippen MR) is 134 cm³/mol. The van der Waals surface area contributed by atoms with Crippen LogP contribution >= 0.6 is 18.5 Å². The van der Waals surface area contributed by atoms with E-state index in [2.05, 4.69) is 0 Å². The number of hydrogen-bond acceptors (Lipinski definition) is 2. The van der Waals surface area contributed by atoms with Gasteiger partial charge in [0.2, 0.25) is 5.76 Å². The number of halogens is 3. The third kappa shape index (κ3) is 7.83. The Morgan fingerprint density at radius 1 is 0.743 bits per heavy atom. The average molecular weight is 654 g/mol. The van der Waals surface area contributed by atoms with Crippen molar-refractivity contribution < 1.29 is 77.0 Å². The molecule has 1 heterocycles. The first-order valence-electron chi connectivity index (χ1n) is 10.1. The molecule has 1 aromatic heterocycles. The molecule has 3 nitrogen and oxygen atoms in total. The SMILES string of the molecule is O/C(=C\C(=[OH+])c1cccs1)C(F)(F)F.[Eu].[OH+]=P(c1ccccc1)(c1ccccc1)c1ccccc1. The maximum absolute atomic E-state index is 11.8. The molecule has 0 unspecified atom stereocenters. The molecule has 0 bridgehead atoms. The Morgan fingerprint density at radius 2 is 1.14 bits per heavy atom.